The number of benzene rings is 4. The van der Waals surface area contributed by atoms with Crippen molar-refractivity contribution >= 4 is 37.5 Å². The van der Waals surface area contributed by atoms with Crippen LogP contribution in [0.3, 0.4) is 0 Å². The van der Waals surface area contributed by atoms with Crippen LogP contribution in [-0.2, 0) is 12.8 Å². The van der Waals surface area contributed by atoms with E-state index in [-0.39, 0.29) is 13.2 Å². The van der Waals surface area contributed by atoms with E-state index in [9.17, 15) is 0 Å². The normalized spacial score (nSPS) is 10.6. The SMILES string of the molecule is OCCc1ccc2ccccc2c1.OCCc1ccc2ccccc2c1Br. The molecule has 3 heteroatoms. The van der Waals surface area contributed by atoms with E-state index >= 15 is 0 Å². The van der Waals surface area contributed by atoms with Gasteiger partial charge in [-0.15, -0.1) is 0 Å². The monoisotopic (exact) mass is 422 g/mol. The van der Waals surface area contributed by atoms with Crippen molar-refractivity contribution in [3.05, 3.63) is 94.5 Å². The van der Waals surface area contributed by atoms with E-state index in [1.54, 1.807) is 0 Å². The largest absolute Gasteiger partial charge is 0.396 e. The molecule has 138 valence electrons. The summed E-state index contributed by atoms with van der Waals surface area (Å²) >= 11 is 3.57. The molecule has 4 aromatic rings. The fraction of sp³-hybridized carbons (Fsp3) is 0.167. The Kier molecular flexibility index (Phi) is 6.99. The highest BCUT2D eigenvalue weighted by Gasteiger charge is 2.03. The second kappa shape index (κ2) is 9.65. The van der Waals surface area contributed by atoms with Crippen molar-refractivity contribution in [2.24, 2.45) is 0 Å². The standard InChI is InChI=1S/C12H11BrO.C12H12O/c13-12-10(7-8-14)6-5-9-3-1-2-4-11(9)12;13-8-7-10-5-6-11-3-1-2-4-12(11)9-10/h1-6,14H,7-8H2;1-6,9,13H,7-8H2. The maximum atomic E-state index is 8.90. The number of aliphatic hydroxyl groups excluding tert-OH is 2. The van der Waals surface area contributed by atoms with Gasteiger partial charge in [-0.05, 0) is 61.4 Å². The molecule has 0 saturated heterocycles. The van der Waals surface area contributed by atoms with Crippen molar-refractivity contribution in [3.63, 3.8) is 0 Å². The molecule has 0 atom stereocenters. The summed E-state index contributed by atoms with van der Waals surface area (Å²) in [6, 6.07) is 26.9. The molecule has 0 aromatic heterocycles. The molecule has 0 amide bonds. The quantitative estimate of drug-likeness (QED) is 0.454. The molecule has 0 saturated carbocycles. The van der Waals surface area contributed by atoms with Crippen LogP contribution < -0.4 is 0 Å². The molecule has 0 aliphatic rings. The molecule has 0 aliphatic carbocycles. The van der Waals surface area contributed by atoms with Crippen molar-refractivity contribution in [3.8, 4) is 0 Å². The molecule has 27 heavy (non-hydrogen) atoms. The first-order valence-electron chi connectivity index (χ1n) is 9.08. The van der Waals surface area contributed by atoms with Gasteiger partial charge in [0.05, 0.1) is 0 Å². The number of halogens is 1. The lowest BCUT2D eigenvalue weighted by Crippen LogP contribution is -1.92. The Morgan fingerprint density at radius 3 is 2.00 bits per heavy atom. The summed E-state index contributed by atoms with van der Waals surface area (Å²) in [5.41, 5.74) is 2.35. The molecule has 0 unspecified atom stereocenters. The molecular formula is C24H23BrO2. The van der Waals surface area contributed by atoms with Crippen LogP contribution in [0.2, 0.25) is 0 Å². The minimum absolute atomic E-state index is 0.191. The van der Waals surface area contributed by atoms with Gasteiger partial charge in [0.25, 0.3) is 0 Å². The first kappa shape index (κ1) is 19.6. The Labute approximate surface area is 168 Å². The van der Waals surface area contributed by atoms with Crippen molar-refractivity contribution in [2.45, 2.75) is 12.8 Å². The molecule has 0 bridgehead atoms. The summed E-state index contributed by atoms with van der Waals surface area (Å²) < 4.78 is 1.10. The van der Waals surface area contributed by atoms with Crippen LogP contribution >= 0.6 is 15.9 Å². The Morgan fingerprint density at radius 2 is 1.26 bits per heavy atom. The summed E-state index contributed by atoms with van der Waals surface area (Å²) in [7, 11) is 0. The van der Waals surface area contributed by atoms with Gasteiger partial charge in [-0.25, -0.2) is 0 Å². The third-order valence-corrected chi connectivity index (χ3v) is 5.48. The van der Waals surface area contributed by atoms with Crippen LogP contribution in [0.25, 0.3) is 21.5 Å². The first-order chi connectivity index (χ1) is 13.2. The summed E-state index contributed by atoms with van der Waals surface area (Å²) in [6.45, 7) is 0.412. The number of hydrogen-bond acceptors (Lipinski definition) is 2. The molecule has 0 fully saturated rings. The molecule has 4 rings (SSSR count). The molecule has 4 aromatic carbocycles. The topological polar surface area (TPSA) is 40.5 Å². The highest BCUT2D eigenvalue weighted by molar-refractivity contribution is 9.10. The Hall–Kier alpha value is -2.20. The van der Waals surface area contributed by atoms with Crippen LogP contribution in [0, 0.1) is 0 Å². The van der Waals surface area contributed by atoms with Crippen molar-refractivity contribution in [1.82, 2.24) is 0 Å². The summed E-state index contributed by atoms with van der Waals surface area (Å²) in [5, 5.41) is 22.6. The van der Waals surface area contributed by atoms with Crippen molar-refractivity contribution < 1.29 is 10.2 Å². The Morgan fingerprint density at radius 1 is 0.630 bits per heavy atom. The van der Waals surface area contributed by atoms with E-state index in [1.807, 2.05) is 24.3 Å². The minimum Gasteiger partial charge on any atom is -0.396 e. The van der Waals surface area contributed by atoms with Crippen LogP contribution in [0.1, 0.15) is 11.1 Å². The van der Waals surface area contributed by atoms with Gasteiger partial charge in [-0.2, -0.15) is 0 Å². The van der Waals surface area contributed by atoms with Crippen LogP contribution in [0.15, 0.2) is 83.3 Å². The van der Waals surface area contributed by atoms with Crippen LogP contribution in [0.4, 0.5) is 0 Å². The minimum atomic E-state index is 0.191. The maximum absolute atomic E-state index is 8.90. The molecule has 0 radical (unpaired) electrons. The second-order valence-corrected chi connectivity index (χ2v) is 7.18. The van der Waals surface area contributed by atoms with Gasteiger partial charge >= 0.3 is 0 Å². The number of hydrogen-bond donors (Lipinski definition) is 2. The van der Waals surface area contributed by atoms with E-state index in [0.29, 0.717) is 6.42 Å². The van der Waals surface area contributed by atoms with Crippen molar-refractivity contribution in [1.29, 1.82) is 0 Å². The fourth-order valence-corrected chi connectivity index (χ4v) is 3.81. The third kappa shape index (κ3) is 4.95. The predicted octanol–water partition coefficient (Wildman–Crippen LogP) is 5.51. The molecule has 2 N–H and O–H groups in total. The van der Waals surface area contributed by atoms with E-state index in [1.165, 1.54) is 27.1 Å². The Bertz CT molecular complexity index is 1030. The first-order valence-corrected chi connectivity index (χ1v) is 9.87. The Balaban J connectivity index is 0.000000156. The summed E-state index contributed by atoms with van der Waals surface area (Å²) in [4.78, 5) is 0. The zero-order valence-electron chi connectivity index (χ0n) is 15.1. The summed E-state index contributed by atoms with van der Waals surface area (Å²) in [5.74, 6) is 0. The lowest BCUT2D eigenvalue weighted by atomic mass is 10.1. The highest BCUT2D eigenvalue weighted by atomic mass is 79.9. The van der Waals surface area contributed by atoms with E-state index in [2.05, 4.69) is 70.5 Å². The van der Waals surface area contributed by atoms with E-state index in [0.717, 1.165) is 16.5 Å². The zero-order valence-corrected chi connectivity index (χ0v) is 16.7. The zero-order chi connectivity index (χ0) is 19.1. The van der Waals surface area contributed by atoms with Gasteiger partial charge in [-0.1, -0.05) is 78.9 Å². The fourth-order valence-electron chi connectivity index (χ4n) is 3.12. The highest BCUT2D eigenvalue weighted by Crippen LogP contribution is 2.27. The number of rotatable bonds is 4. The van der Waals surface area contributed by atoms with Crippen LogP contribution in [-0.4, -0.2) is 23.4 Å². The van der Waals surface area contributed by atoms with Gasteiger partial charge in [0.2, 0.25) is 0 Å². The van der Waals surface area contributed by atoms with Gasteiger partial charge in [0.15, 0.2) is 0 Å². The predicted molar refractivity (Wildman–Crippen MR) is 117 cm³/mol. The lowest BCUT2D eigenvalue weighted by Gasteiger charge is -2.06. The van der Waals surface area contributed by atoms with Gasteiger partial charge in [0.1, 0.15) is 0 Å². The van der Waals surface area contributed by atoms with Crippen molar-refractivity contribution in [2.75, 3.05) is 13.2 Å². The molecular weight excluding hydrogens is 400 g/mol. The lowest BCUT2D eigenvalue weighted by molar-refractivity contribution is 0.299. The second-order valence-electron chi connectivity index (χ2n) is 6.39. The smallest absolute Gasteiger partial charge is 0.0471 e. The third-order valence-electron chi connectivity index (χ3n) is 4.54. The average molecular weight is 423 g/mol. The molecule has 0 aliphatic heterocycles. The van der Waals surface area contributed by atoms with Gasteiger partial charge in [-0.3, -0.25) is 0 Å². The van der Waals surface area contributed by atoms with Crippen LogP contribution in [0.5, 0.6) is 0 Å². The average Bonchev–Trinajstić information content (AvgIpc) is 2.71. The number of fused-ring (bicyclic) bond motifs is 2. The summed E-state index contributed by atoms with van der Waals surface area (Å²) in [6.07, 6.45) is 1.44. The van der Waals surface area contributed by atoms with Gasteiger partial charge in [0, 0.05) is 17.7 Å². The number of aliphatic hydroxyl groups is 2. The molecule has 0 spiro atoms. The van der Waals surface area contributed by atoms with E-state index < -0.39 is 0 Å². The van der Waals surface area contributed by atoms with Gasteiger partial charge < -0.3 is 10.2 Å². The van der Waals surface area contributed by atoms with E-state index in [4.69, 9.17) is 10.2 Å². The maximum Gasteiger partial charge on any atom is 0.0471 e. The molecule has 2 nitrogen and oxygen atoms in total. The molecule has 0 heterocycles.